The Hall–Kier alpha value is -2.70. The van der Waals surface area contributed by atoms with E-state index in [-0.39, 0.29) is 23.7 Å². The van der Waals surface area contributed by atoms with Crippen molar-refractivity contribution in [1.29, 1.82) is 0 Å². The van der Waals surface area contributed by atoms with Gasteiger partial charge in [0.15, 0.2) is 0 Å². The second-order valence-electron chi connectivity index (χ2n) is 8.29. The van der Waals surface area contributed by atoms with Crippen LogP contribution in [-0.2, 0) is 24.8 Å². The lowest BCUT2D eigenvalue weighted by molar-refractivity contribution is -0.121. The topological polar surface area (TPSA) is 113 Å². The molecule has 1 fully saturated rings. The van der Waals surface area contributed by atoms with Crippen LogP contribution in [0, 0.1) is 5.82 Å². The molecule has 3 rings (SSSR count). The number of hydrogen-bond donors (Lipinski definition) is 1. The van der Waals surface area contributed by atoms with E-state index in [9.17, 15) is 26.0 Å². The fourth-order valence-corrected chi connectivity index (χ4v) is 6.56. The number of nitrogens with zero attached hydrogens (tertiary/aromatic N) is 2. The molecule has 0 spiro atoms. The summed E-state index contributed by atoms with van der Waals surface area (Å²) in [4.78, 5) is 12.8. The second kappa shape index (κ2) is 11.4. The van der Waals surface area contributed by atoms with Gasteiger partial charge in [0.1, 0.15) is 24.2 Å². The zero-order valence-corrected chi connectivity index (χ0v) is 21.3. The molecule has 9 nitrogen and oxygen atoms in total. The first-order valence-corrected chi connectivity index (χ1v) is 14.5. The van der Waals surface area contributed by atoms with Gasteiger partial charge in [-0.2, -0.15) is 4.31 Å². The standard InChI is InChI=1S/C23H30FN3O6S2/c1-18(27(34(2,29)30)20-8-6-7-19(24)17-20)23(28)25-13-16-33-21-9-11-22(12-10-21)35(31,32)26-14-4-3-5-15-26/h6-12,17-18H,3-5,13-16H2,1-2H3,(H,25,28)/t18-/m1/s1. The number of rotatable bonds is 10. The number of sulfonamides is 2. The second-order valence-corrected chi connectivity index (χ2v) is 12.1. The number of carbonyl (C=O) groups excluding carboxylic acids is 1. The predicted molar refractivity (Wildman–Crippen MR) is 131 cm³/mol. The van der Waals surface area contributed by atoms with Gasteiger partial charge in [-0.25, -0.2) is 21.2 Å². The smallest absolute Gasteiger partial charge is 0.243 e. The van der Waals surface area contributed by atoms with Gasteiger partial charge in [0.25, 0.3) is 0 Å². The first-order valence-electron chi connectivity index (χ1n) is 11.3. The van der Waals surface area contributed by atoms with E-state index in [1.54, 1.807) is 12.1 Å². The minimum atomic E-state index is -3.86. The van der Waals surface area contributed by atoms with Crippen LogP contribution in [0.15, 0.2) is 53.4 Å². The van der Waals surface area contributed by atoms with Gasteiger partial charge in [0.2, 0.25) is 26.0 Å². The van der Waals surface area contributed by atoms with Gasteiger partial charge in [0, 0.05) is 13.1 Å². The maximum absolute atomic E-state index is 13.6. The Labute approximate surface area is 206 Å². The zero-order valence-electron chi connectivity index (χ0n) is 19.7. The number of halogens is 1. The molecule has 0 radical (unpaired) electrons. The van der Waals surface area contributed by atoms with Gasteiger partial charge in [0.05, 0.1) is 23.4 Å². The largest absolute Gasteiger partial charge is 0.492 e. The van der Waals surface area contributed by atoms with Gasteiger partial charge in [-0.1, -0.05) is 12.5 Å². The van der Waals surface area contributed by atoms with E-state index in [4.69, 9.17) is 4.74 Å². The molecule has 1 saturated heterocycles. The lowest BCUT2D eigenvalue weighted by Crippen LogP contribution is -2.48. The summed E-state index contributed by atoms with van der Waals surface area (Å²) < 4.78 is 71.5. The van der Waals surface area contributed by atoms with E-state index in [2.05, 4.69) is 5.32 Å². The van der Waals surface area contributed by atoms with E-state index in [1.165, 1.54) is 41.6 Å². The van der Waals surface area contributed by atoms with Crippen molar-refractivity contribution in [3.8, 4) is 5.75 Å². The number of amides is 1. The molecule has 35 heavy (non-hydrogen) atoms. The van der Waals surface area contributed by atoms with Gasteiger partial charge in [-0.15, -0.1) is 0 Å². The third-order valence-corrected chi connectivity index (χ3v) is 8.75. The first-order chi connectivity index (χ1) is 16.5. The van der Waals surface area contributed by atoms with E-state index in [1.807, 2.05) is 0 Å². The summed E-state index contributed by atoms with van der Waals surface area (Å²) in [6, 6.07) is 9.96. The number of piperidine rings is 1. The molecule has 1 aliphatic heterocycles. The van der Waals surface area contributed by atoms with Crippen LogP contribution in [0.25, 0.3) is 0 Å². The van der Waals surface area contributed by atoms with Crippen molar-refractivity contribution in [3.05, 3.63) is 54.3 Å². The monoisotopic (exact) mass is 527 g/mol. The highest BCUT2D eigenvalue weighted by Gasteiger charge is 2.29. The molecule has 1 N–H and O–H groups in total. The van der Waals surface area contributed by atoms with Crippen LogP contribution in [0.3, 0.4) is 0 Å². The summed E-state index contributed by atoms with van der Waals surface area (Å²) in [6.45, 7) is 2.61. The van der Waals surface area contributed by atoms with E-state index < -0.39 is 37.8 Å². The minimum absolute atomic E-state index is 0.0472. The maximum Gasteiger partial charge on any atom is 0.243 e. The van der Waals surface area contributed by atoms with Crippen molar-refractivity contribution >= 4 is 31.6 Å². The molecule has 1 atom stereocenters. The Morgan fingerprint density at radius 2 is 1.74 bits per heavy atom. The van der Waals surface area contributed by atoms with Crippen molar-refractivity contribution in [2.24, 2.45) is 0 Å². The van der Waals surface area contributed by atoms with Crippen LogP contribution in [-0.4, -0.2) is 65.6 Å². The number of anilines is 1. The number of carbonyl (C=O) groups is 1. The summed E-state index contributed by atoms with van der Waals surface area (Å²) in [5, 5.41) is 2.60. The molecule has 0 unspecified atom stereocenters. The van der Waals surface area contributed by atoms with Crippen molar-refractivity contribution in [1.82, 2.24) is 9.62 Å². The molecule has 0 saturated carbocycles. The minimum Gasteiger partial charge on any atom is -0.492 e. The van der Waals surface area contributed by atoms with Crippen molar-refractivity contribution in [2.45, 2.75) is 37.1 Å². The highest BCUT2D eigenvalue weighted by atomic mass is 32.2. The quantitative estimate of drug-likeness (QED) is 0.475. The Morgan fingerprint density at radius 3 is 2.34 bits per heavy atom. The molecule has 0 aromatic heterocycles. The molecular weight excluding hydrogens is 497 g/mol. The van der Waals surface area contributed by atoms with Gasteiger partial charge in [-0.05, 0) is 62.2 Å². The summed E-state index contributed by atoms with van der Waals surface area (Å²) in [5.41, 5.74) is 0.0472. The van der Waals surface area contributed by atoms with Crippen LogP contribution in [0.1, 0.15) is 26.2 Å². The SMILES string of the molecule is C[C@H](C(=O)NCCOc1ccc(S(=O)(=O)N2CCCCC2)cc1)N(c1cccc(F)c1)S(C)(=O)=O. The van der Waals surface area contributed by atoms with E-state index in [0.717, 1.165) is 35.9 Å². The first kappa shape index (κ1) is 26.9. The number of hydrogen-bond acceptors (Lipinski definition) is 6. The summed E-state index contributed by atoms with van der Waals surface area (Å²) in [6.07, 6.45) is 3.69. The average molecular weight is 528 g/mol. The van der Waals surface area contributed by atoms with E-state index in [0.29, 0.717) is 18.8 Å². The van der Waals surface area contributed by atoms with Crippen molar-refractivity contribution < 1.29 is 30.8 Å². The third kappa shape index (κ3) is 6.92. The van der Waals surface area contributed by atoms with Crippen LogP contribution in [0.5, 0.6) is 5.75 Å². The van der Waals surface area contributed by atoms with Gasteiger partial charge >= 0.3 is 0 Å². The summed E-state index contributed by atoms with van der Waals surface area (Å²) in [5.74, 6) is -0.763. The van der Waals surface area contributed by atoms with Crippen molar-refractivity contribution in [3.63, 3.8) is 0 Å². The van der Waals surface area contributed by atoms with Gasteiger partial charge in [-0.3, -0.25) is 9.10 Å². The molecular formula is C23H30FN3O6S2. The average Bonchev–Trinajstić information content (AvgIpc) is 2.82. The molecule has 1 amide bonds. The van der Waals surface area contributed by atoms with E-state index >= 15 is 0 Å². The Morgan fingerprint density at radius 1 is 1.09 bits per heavy atom. The number of ether oxygens (including phenoxy) is 1. The predicted octanol–water partition coefficient (Wildman–Crippen LogP) is 2.35. The number of nitrogens with one attached hydrogen (secondary N) is 1. The fourth-order valence-electron chi connectivity index (χ4n) is 3.87. The van der Waals surface area contributed by atoms with Crippen LogP contribution in [0.4, 0.5) is 10.1 Å². The highest BCUT2D eigenvalue weighted by molar-refractivity contribution is 7.92. The van der Waals surface area contributed by atoms with Crippen LogP contribution in [0.2, 0.25) is 0 Å². The van der Waals surface area contributed by atoms with Crippen molar-refractivity contribution in [2.75, 3.05) is 36.8 Å². The molecule has 1 heterocycles. The molecule has 0 aliphatic carbocycles. The molecule has 0 bridgehead atoms. The molecule has 2 aromatic rings. The highest BCUT2D eigenvalue weighted by Crippen LogP contribution is 2.23. The Balaban J connectivity index is 1.54. The lowest BCUT2D eigenvalue weighted by atomic mass is 10.2. The van der Waals surface area contributed by atoms with Crippen LogP contribution >= 0.6 is 0 Å². The fraction of sp³-hybridized carbons (Fsp3) is 0.435. The maximum atomic E-state index is 13.6. The summed E-state index contributed by atoms with van der Waals surface area (Å²) in [7, 11) is -7.38. The third-order valence-electron chi connectivity index (χ3n) is 5.60. The molecule has 192 valence electrons. The normalized spacial score (nSPS) is 15.9. The molecule has 2 aromatic carbocycles. The summed E-state index contributed by atoms with van der Waals surface area (Å²) >= 11 is 0. The number of benzene rings is 2. The van der Waals surface area contributed by atoms with Gasteiger partial charge < -0.3 is 10.1 Å². The Bertz CT molecular complexity index is 1230. The molecule has 1 aliphatic rings. The van der Waals surface area contributed by atoms with Crippen LogP contribution < -0.4 is 14.4 Å². The molecule has 12 heteroatoms. The zero-order chi connectivity index (χ0) is 25.6. The Kier molecular flexibility index (Phi) is 8.73. The lowest BCUT2D eigenvalue weighted by Gasteiger charge is -2.28.